The highest BCUT2D eigenvalue weighted by Crippen LogP contribution is 2.32. The minimum Gasteiger partial charge on any atom is -0.508 e. The zero-order valence-electron chi connectivity index (χ0n) is 10.8. The van der Waals surface area contributed by atoms with Crippen molar-refractivity contribution in [3.8, 4) is 22.8 Å². The third-order valence-electron chi connectivity index (χ3n) is 3.23. The van der Waals surface area contributed by atoms with Crippen LogP contribution in [0.25, 0.3) is 22.3 Å². The number of aryl methyl sites for hydroxylation is 1. The molecule has 4 heteroatoms. The van der Waals surface area contributed by atoms with E-state index in [1.54, 1.807) is 43.3 Å². The Morgan fingerprint density at radius 3 is 2.55 bits per heavy atom. The van der Waals surface area contributed by atoms with Crippen molar-refractivity contribution in [1.82, 2.24) is 0 Å². The Hall–Kier alpha value is -2.75. The van der Waals surface area contributed by atoms with Gasteiger partial charge in [-0.25, -0.2) is 0 Å². The summed E-state index contributed by atoms with van der Waals surface area (Å²) in [5.74, 6) is -0.165. The molecule has 0 bridgehead atoms. The van der Waals surface area contributed by atoms with Crippen molar-refractivity contribution in [3.63, 3.8) is 0 Å². The topological polar surface area (TPSA) is 70.7 Å². The van der Waals surface area contributed by atoms with E-state index in [1.807, 2.05) is 0 Å². The van der Waals surface area contributed by atoms with Crippen molar-refractivity contribution < 1.29 is 14.6 Å². The van der Waals surface area contributed by atoms with E-state index in [-0.39, 0.29) is 11.5 Å². The molecule has 0 aliphatic carbocycles. The molecule has 20 heavy (non-hydrogen) atoms. The van der Waals surface area contributed by atoms with Crippen LogP contribution in [0, 0.1) is 6.92 Å². The van der Waals surface area contributed by atoms with Gasteiger partial charge in [-0.3, -0.25) is 4.79 Å². The first-order valence-electron chi connectivity index (χ1n) is 6.12. The summed E-state index contributed by atoms with van der Waals surface area (Å²) in [5, 5.41) is 19.9. The maximum Gasteiger partial charge on any atom is 0.235 e. The summed E-state index contributed by atoms with van der Waals surface area (Å²) in [7, 11) is 0. The molecule has 2 aromatic carbocycles. The summed E-state index contributed by atoms with van der Waals surface area (Å²) in [6.07, 6.45) is 0. The van der Waals surface area contributed by atoms with Gasteiger partial charge in [0.25, 0.3) is 0 Å². The normalized spacial score (nSPS) is 10.8. The second-order valence-corrected chi connectivity index (χ2v) is 4.61. The van der Waals surface area contributed by atoms with Gasteiger partial charge in [-0.05, 0) is 42.8 Å². The number of phenols is 1. The molecule has 0 unspecified atom stereocenters. The predicted molar refractivity (Wildman–Crippen MR) is 76.0 cm³/mol. The number of hydrogen-bond acceptors (Lipinski definition) is 4. The molecular weight excluding hydrogens is 256 g/mol. The fourth-order valence-electron chi connectivity index (χ4n) is 2.12. The summed E-state index contributed by atoms with van der Waals surface area (Å²) >= 11 is 0. The molecule has 2 N–H and O–H groups in total. The van der Waals surface area contributed by atoms with Crippen molar-refractivity contribution in [2.24, 2.45) is 0 Å². The van der Waals surface area contributed by atoms with Crippen LogP contribution >= 0.6 is 0 Å². The van der Waals surface area contributed by atoms with Crippen molar-refractivity contribution in [3.05, 3.63) is 58.3 Å². The Labute approximate surface area is 114 Å². The van der Waals surface area contributed by atoms with Gasteiger partial charge >= 0.3 is 0 Å². The van der Waals surface area contributed by atoms with Crippen molar-refractivity contribution >= 4 is 11.0 Å². The molecule has 100 valence electrons. The lowest BCUT2D eigenvalue weighted by atomic mass is 10.1. The van der Waals surface area contributed by atoms with Crippen LogP contribution in [-0.2, 0) is 0 Å². The average molecular weight is 268 g/mol. The number of para-hydroxylation sites is 1. The van der Waals surface area contributed by atoms with Crippen LogP contribution in [0.3, 0.4) is 0 Å². The quantitative estimate of drug-likeness (QED) is 0.711. The second kappa shape index (κ2) is 4.42. The van der Waals surface area contributed by atoms with Crippen LogP contribution in [0.1, 0.15) is 5.56 Å². The Bertz CT molecular complexity index is 862. The summed E-state index contributed by atoms with van der Waals surface area (Å²) < 4.78 is 5.62. The monoisotopic (exact) mass is 268 g/mol. The van der Waals surface area contributed by atoms with E-state index in [4.69, 9.17) is 4.42 Å². The zero-order chi connectivity index (χ0) is 14.3. The van der Waals surface area contributed by atoms with Gasteiger partial charge in [0.05, 0.1) is 5.39 Å². The van der Waals surface area contributed by atoms with Crippen molar-refractivity contribution in [1.29, 1.82) is 0 Å². The molecule has 0 atom stereocenters. The SMILES string of the molecule is Cc1cc(-c2oc3ccccc3c(=O)c2O)ccc1O. The van der Waals surface area contributed by atoms with Gasteiger partial charge in [0.2, 0.25) is 11.2 Å². The number of phenolic OH excluding ortho intramolecular Hbond substituents is 1. The van der Waals surface area contributed by atoms with Gasteiger partial charge < -0.3 is 14.6 Å². The molecule has 0 aliphatic heterocycles. The van der Waals surface area contributed by atoms with E-state index in [0.717, 1.165) is 0 Å². The first-order valence-corrected chi connectivity index (χ1v) is 6.12. The van der Waals surface area contributed by atoms with Crippen molar-refractivity contribution in [2.75, 3.05) is 0 Å². The fourth-order valence-corrected chi connectivity index (χ4v) is 2.12. The van der Waals surface area contributed by atoms with Crippen LogP contribution in [0.4, 0.5) is 0 Å². The number of benzene rings is 2. The van der Waals surface area contributed by atoms with E-state index in [1.165, 1.54) is 6.07 Å². The molecule has 1 heterocycles. The highest BCUT2D eigenvalue weighted by molar-refractivity contribution is 5.81. The average Bonchev–Trinajstić information content (AvgIpc) is 2.46. The summed E-state index contributed by atoms with van der Waals surface area (Å²) in [6, 6.07) is 11.5. The van der Waals surface area contributed by atoms with Gasteiger partial charge in [-0.2, -0.15) is 0 Å². The minimum absolute atomic E-state index is 0.108. The van der Waals surface area contributed by atoms with Crippen LogP contribution in [0.2, 0.25) is 0 Å². The summed E-state index contributed by atoms with van der Waals surface area (Å²) in [6.45, 7) is 1.73. The van der Waals surface area contributed by atoms with E-state index < -0.39 is 11.2 Å². The van der Waals surface area contributed by atoms with E-state index in [9.17, 15) is 15.0 Å². The lowest BCUT2D eigenvalue weighted by molar-refractivity contribution is 0.448. The van der Waals surface area contributed by atoms with Crippen molar-refractivity contribution in [2.45, 2.75) is 6.92 Å². The van der Waals surface area contributed by atoms with Gasteiger partial charge in [-0.15, -0.1) is 0 Å². The third-order valence-corrected chi connectivity index (χ3v) is 3.23. The molecule has 0 fully saturated rings. The van der Waals surface area contributed by atoms with Crippen LogP contribution in [0.5, 0.6) is 11.5 Å². The third kappa shape index (κ3) is 1.82. The molecule has 1 aromatic heterocycles. The Kier molecular flexibility index (Phi) is 2.71. The predicted octanol–water partition coefficient (Wildman–Crippen LogP) is 3.18. The lowest BCUT2D eigenvalue weighted by Gasteiger charge is -2.07. The molecule has 0 radical (unpaired) electrons. The van der Waals surface area contributed by atoms with Crippen LogP contribution in [-0.4, -0.2) is 10.2 Å². The molecule has 4 nitrogen and oxygen atoms in total. The molecule has 0 saturated heterocycles. The molecule has 3 aromatic rings. The minimum atomic E-state index is -0.465. The lowest BCUT2D eigenvalue weighted by Crippen LogP contribution is -2.02. The van der Waals surface area contributed by atoms with Gasteiger partial charge in [0.1, 0.15) is 11.3 Å². The van der Waals surface area contributed by atoms with Gasteiger partial charge in [-0.1, -0.05) is 12.1 Å². The molecular formula is C16H12O4. The first-order chi connectivity index (χ1) is 9.58. The maximum absolute atomic E-state index is 12.1. The van der Waals surface area contributed by atoms with Crippen LogP contribution < -0.4 is 5.43 Å². The molecule has 0 saturated carbocycles. The zero-order valence-corrected chi connectivity index (χ0v) is 10.8. The molecule has 0 amide bonds. The van der Waals surface area contributed by atoms with Gasteiger partial charge in [0, 0.05) is 5.56 Å². The molecule has 0 aliphatic rings. The number of hydrogen-bond donors (Lipinski definition) is 2. The largest absolute Gasteiger partial charge is 0.508 e. The van der Waals surface area contributed by atoms with Gasteiger partial charge in [0.15, 0.2) is 5.76 Å². The molecule has 3 rings (SSSR count). The van der Waals surface area contributed by atoms with E-state index >= 15 is 0 Å². The number of aromatic hydroxyl groups is 2. The van der Waals surface area contributed by atoms with Crippen LogP contribution in [0.15, 0.2) is 51.7 Å². The Morgan fingerprint density at radius 2 is 1.80 bits per heavy atom. The Balaban J connectivity index is 2.33. The summed E-state index contributed by atoms with van der Waals surface area (Å²) in [4.78, 5) is 12.1. The van der Waals surface area contributed by atoms with E-state index in [0.29, 0.717) is 22.1 Å². The number of fused-ring (bicyclic) bond motifs is 1. The standard InChI is InChI=1S/C16H12O4/c1-9-8-10(6-7-12(9)17)16-15(19)14(18)11-4-2-3-5-13(11)20-16/h2-8,17,19H,1H3. The highest BCUT2D eigenvalue weighted by atomic mass is 16.4. The fraction of sp³-hybridized carbons (Fsp3) is 0.0625. The summed E-state index contributed by atoms with van der Waals surface area (Å²) in [5.41, 5.74) is 1.13. The first kappa shape index (κ1) is 12.3. The number of rotatable bonds is 1. The highest BCUT2D eigenvalue weighted by Gasteiger charge is 2.15. The van der Waals surface area contributed by atoms with E-state index in [2.05, 4.69) is 0 Å². The smallest absolute Gasteiger partial charge is 0.235 e. The Morgan fingerprint density at radius 1 is 1.05 bits per heavy atom. The maximum atomic E-state index is 12.1. The molecule has 0 spiro atoms. The second-order valence-electron chi connectivity index (χ2n) is 4.61.